The molecule has 1 aliphatic heterocycles. The number of aromatic nitrogens is 7. The molecule has 0 saturated carbocycles. The summed E-state index contributed by atoms with van der Waals surface area (Å²) in [6, 6.07) is 17.4. The lowest BCUT2D eigenvalue weighted by atomic mass is 9.95. The monoisotopic (exact) mass is 467 g/mol. The molecule has 1 atom stereocenters. The largest absolute Gasteiger partial charge is 0.305 e. The van der Waals surface area contributed by atoms with Crippen LogP contribution in [0.1, 0.15) is 42.0 Å². The molecule has 3 aromatic heterocycles. The van der Waals surface area contributed by atoms with Crippen LogP contribution < -0.4 is 0 Å². The number of aromatic amines is 1. The second kappa shape index (κ2) is 8.36. The molecule has 0 amide bonds. The van der Waals surface area contributed by atoms with Gasteiger partial charge >= 0.3 is 0 Å². The highest BCUT2D eigenvalue weighted by atomic mass is 32.2. The molecule has 8 heteroatoms. The van der Waals surface area contributed by atoms with Crippen molar-refractivity contribution in [1.82, 2.24) is 35.2 Å². The van der Waals surface area contributed by atoms with Gasteiger partial charge in [0.15, 0.2) is 5.65 Å². The van der Waals surface area contributed by atoms with Gasteiger partial charge in [-0.1, -0.05) is 43.3 Å². The Balaban J connectivity index is 1.48. The van der Waals surface area contributed by atoms with Gasteiger partial charge in [-0.25, -0.2) is 9.97 Å². The number of nitrogens with one attached hydrogen (secondary N) is 1. The van der Waals surface area contributed by atoms with Gasteiger partial charge in [0.05, 0.1) is 6.04 Å². The van der Waals surface area contributed by atoms with E-state index >= 15 is 0 Å². The van der Waals surface area contributed by atoms with Crippen molar-refractivity contribution in [3.05, 3.63) is 71.2 Å². The van der Waals surface area contributed by atoms with Crippen molar-refractivity contribution in [2.24, 2.45) is 0 Å². The van der Waals surface area contributed by atoms with Crippen molar-refractivity contribution in [2.45, 2.75) is 44.6 Å². The number of H-pyrrole nitrogens is 1. The Morgan fingerprint density at radius 3 is 2.71 bits per heavy atom. The van der Waals surface area contributed by atoms with Crippen LogP contribution in [0.5, 0.6) is 0 Å². The van der Waals surface area contributed by atoms with Gasteiger partial charge in [0, 0.05) is 28.3 Å². The third-order valence-corrected chi connectivity index (χ3v) is 7.62. The minimum absolute atomic E-state index is 0.228. The van der Waals surface area contributed by atoms with Crippen LogP contribution in [0.15, 0.2) is 53.4 Å². The Hall–Kier alpha value is -3.52. The smallest absolute Gasteiger partial charge is 0.205 e. The van der Waals surface area contributed by atoms with Crippen LogP contribution in [0.25, 0.3) is 33.7 Å². The van der Waals surface area contributed by atoms with Crippen LogP contribution >= 0.6 is 11.8 Å². The lowest BCUT2D eigenvalue weighted by Crippen LogP contribution is -2.18. The number of benzene rings is 2. The molecule has 4 heterocycles. The maximum atomic E-state index is 5.00. The van der Waals surface area contributed by atoms with Crippen molar-refractivity contribution in [2.75, 3.05) is 5.75 Å². The quantitative estimate of drug-likeness (QED) is 0.373. The summed E-state index contributed by atoms with van der Waals surface area (Å²) < 4.78 is 2.39. The van der Waals surface area contributed by atoms with Crippen molar-refractivity contribution >= 4 is 22.9 Å². The summed E-state index contributed by atoms with van der Waals surface area (Å²) >= 11 is 1.92. The van der Waals surface area contributed by atoms with E-state index < -0.39 is 0 Å². The highest BCUT2D eigenvalue weighted by molar-refractivity contribution is 7.99. The van der Waals surface area contributed by atoms with E-state index in [1.54, 1.807) is 0 Å². The van der Waals surface area contributed by atoms with E-state index in [0.717, 1.165) is 58.0 Å². The van der Waals surface area contributed by atoms with Crippen LogP contribution in [-0.4, -0.2) is 40.9 Å². The molecule has 0 bridgehead atoms. The molecule has 1 aliphatic rings. The SMILES string of the molecule is CCc1nc2c(C)cc(C)nc2n1C1CCSc2cc(-c3ccccc3-c3nn[nH]n3)ccc21. The molecule has 1 N–H and O–H groups in total. The van der Waals surface area contributed by atoms with Crippen molar-refractivity contribution in [1.29, 1.82) is 0 Å². The van der Waals surface area contributed by atoms with Gasteiger partial charge in [-0.3, -0.25) is 0 Å². The summed E-state index contributed by atoms with van der Waals surface area (Å²) in [6.45, 7) is 6.37. The predicted octanol–water partition coefficient (Wildman–Crippen LogP) is 5.54. The van der Waals surface area contributed by atoms with Gasteiger partial charge in [0.25, 0.3) is 0 Å². The minimum Gasteiger partial charge on any atom is -0.305 e. The van der Waals surface area contributed by atoms with E-state index in [2.05, 4.69) is 82.4 Å². The molecule has 6 rings (SSSR count). The second-order valence-electron chi connectivity index (χ2n) is 8.69. The first-order chi connectivity index (χ1) is 16.6. The molecular weight excluding hydrogens is 442 g/mol. The van der Waals surface area contributed by atoms with E-state index in [0.29, 0.717) is 5.82 Å². The fourth-order valence-corrected chi connectivity index (χ4v) is 6.15. The first-order valence-electron chi connectivity index (χ1n) is 11.6. The number of pyridine rings is 1. The molecule has 170 valence electrons. The third kappa shape index (κ3) is 3.40. The van der Waals surface area contributed by atoms with Gasteiger partial charge in [-0.15, -0.1) is 22.0 Å². The summed E-state index contributed by atoms with van der Waals surface area (Å²) in [5, 5.41) is 14.7. The van der Waals surface area contributed by atoms with Crippen LogP contribution in [0.3, 0.4) is 0 Å². The van der Waals surface area contributed by atoms with Gasteiger partial charge in [0.2, 0.25) is 5.82 Å². The van der Waals surface area contributed by atoms with E-state index in [-0.39, 0.29) is 6.04 Å². The van der Waals surface area contributed by atoms with Crippen molar-refractivity contribution in [3.8, 4) is 22.5 Å². The van der Waals surface area contributed by atoms with Crippen molar-refractivity contribution in [3.63, 3.8) is 0 Å². The van der Waals surface area contributed by atoms with Crippen LogP contribution in [-0.2, 0) is 6.42 Å². The molecule has 0 radical (unpaired) electrons. The lowest BCUT2D eigenvalue weighted by molar-refractivity contribution is 0.544. The average Bonchev–Trinajstić information content (AvgIpc) is 3.52. The molecular formula is C26H25N7S. The highest BCUT2D eigenvalue weighted by Gasteiger charge is 2.27. The summed E-state index contributed by atoms with van der Waals surface area (Å²) in [7, 11) is 0. The predicted molar refractivity (Wildman–Crippen MR) is 135 cm³/mol. The van der Waals surface area contributed by atoms with Gasteiger partial charge in [-0.05, 0) is 59.9 Å². The Labute approximate surface area is 202 Å². The Bertz CT molecular complexity index is 1500. The number of imidazole rings is 1. The normalized spacial score (nSPS) is 15.6. The van der Waals surface area contributed by atoms with E-state index in [9.17, 15) is 0 Å². The maximum absolute atomic E-state index is 5.00. The molecule has 0 saturated heterocycles. The fourth-order valence-electron chi connectivity index (χ4n) is 5.01. The van der Waals surface area contributed by atoms with E-state index in [1.165, 1.54) is 16.0 Å². The Kier molecular flexibility index (Phi) is 5.17. The number of hydrogen-bond acceptors (Lipinski definition) is 6. The summed E-state index contributed by atoms with van der Waals surface area (Å²) in [4.78, 5) is 11.2. The van der Waals surface area contributed by atoms with Gasteiger partial charge in [-0.2, -0.15) is 5.21 Å². The van der Waals surface area contributed by atoms with Gasteiger partial charge in [0.1, 0.15) is 11.3 Å². The fraction of sp³-hybridized carbons (Fsp3) is 0.269. The minimum atomic E-state index is 0.228. The van der Waals surface area contributed by atoms with Crippen molar-refractivity contribution < 1.29 is 0 Å². The van der Waals surface area contributed by atoms with Gasteiger partial charge < -0.3 is 4.57 Å². The van der Waals surface area contributed by atoms with Crippen LogP contribution in [0.4, 0.5) is 0 Å². The Morgan fingerprint density at radius 1 is 1.06 bits per heavy atom. The molecule has 34 heavy (non-hydrogen) atoms. The summed E-state index contributed by atoms with van der Waals surface area (Å²) in [5.41, 5.74) is 8.82. The number of rotatable bonds is 4. The zero-order valence-corrected chi connectivity index (χ0v) is 20.2. The number of thioether (sulfide) groups is 1. The molecule has 0 aliphatic carbocycles. The van der Waals surface area contributed by atoms with E-state index in [4.69, 9.17) is 9.97 Å². The molecule has 2 aromatic carbocycles. The highest BCUT2D eigenvalue weighted by Crippen LogP contribution is 2.43. The number of hydrogen-bond donors (Lipinski definition) is 1. The number of fused-ring (bicyclic) bond motifs is 2. The second-order valence-corrected chi connectivity index (χ2v) is 9.83. The summed E-state index contributed by atoms with van der Waals surface area (Å²) in [5.74, 6) is 2.76. The zero-order chi connectivity index (χ0) is 23.2. The Morgan fingerprint density at radius 2 is 1.91 bits per heavy atom. The molecule has 1 unspecified atom stereocenters. The topological polar surface area (TPSA) is 85.2 Å². The first-order valence-corrected chi connectivity index (χ1v) is 12.6. The molecule has 0 spiro atoms. The molecule has 5 aromatic rings. The average molecular weight is 468 g/mol. The van der Waals surface area contributed by atoms with E-state index in [1.807, 2.05) is 23.9 Å². The molecule has 0 fully saturated rings. The first kappa shape index (κ1) is 21.0. The number of nitrogens with zero attached hydrogens (tertiary/aromatic N) is 6. The number of aryl methyl sites for hydroxylation is 3. The zero-order valence-electron chi connectivity index (χ0n) is 19.4. The third-order valence-electron chi connectivity index (χ3n) is 6.51. The molecule has 7 nitrogen and oxygen atoms in total. The standard InChI is InChI=1S/C26H25N7S/c1-4-23-28-24-15(2)13-16(3)27-26(24)33(23)21-11-12-34-22-14-17(9-10-20(21)22)18-7-5-6-8-19(18)25-29-31-32-30-25/h5-10,13-14,21H,4,11-12H2,1-3H3,(H,29,30,31,32). The van der Waals surface area contributed by atoms with Crippen LogP contribution in [0, 0.1) is 13.8 Å². The number of tetrazole rings is 1. The summed E-state index contributed by atoms with van der Waals surface area (Å²) in [6.07, 6.45) is 1.94. The maximum Gasteiger partial charge on any atom is 0.205 e. The van der Waals surface area contributed by atoms with Crippen LogP contribution in [0.2, 0.25) is 0 Å². The lowest BCUT2D eigenvalue weighted by Gasteiger charge is -2.28.